The predicted molar refractivity (Wildman–Crippen MR) is 117 cm³/mol. The van der Waals surface area contributed by atoms with E-state index in [0.717, 1.165) is 45.2 Å². The third-order valence-electron chi connectivity index (χ3n) is 4.58. The van der Waals surface area contributed by atoms with Crippen LogP contribution in [0.5, 0.6) is 0 Å². The molecule has 0 aliphatic carbocycles. The molecular weight excluding hydrogens is 427 g/mol. The van der Waals surface area contributed by atoms with Crippen LogP contribution in [0.2, 0.25) is 0 Å². The maximum Gasteiger partial charge on any atom is 0.193 e. The monoisotopic (exact) mass is 460 g/mol. The lowest BCUT2D eigenvalue weighted by molar-refractivity contribution is 0.181. The molecule has 1 aromatic rings. The van der Waals surface area contributed by atoms with Crippen LogP contribution in [0.4, 0.5) is 5.69 Å². The van der Waals surface area contributed by atoms with E-state index in [0.29, 0.717) is 12.0 Å². The Balaban J connectivity index is 0.00000312. The first-order chi connectivity index (χ1) is 11.6. The molecule has 0 saturated carbocycles. The standard InChI is InChI=1S/C19H32N4O.HI/c1-5-20-19(22(3)14-17-11-12-24-15-17)21-13-16(2)23(4)18-9-7-6-8-10-18;/h6-10,16-17H,5,11-15H2,1-4H3,(H,20,21);1H. The van der Waals surface area contributed by atoms with Gasteiger partial charge >= 0.3 is 0 Å². The zero-order valence-electron chi connectivity index (χ0n) is 15.9. The number of benzene rings is 1. The molecule has 1 fully saturated rings. The van der Waals surface area contributed by atoms with Crippen LogP contribution in [0.15, 0.2) is 35.3 Å². The summed E-state index contributed by atoms with van der Waals surface area (Å²) in [5.41, 5.74) is 1.22. The van der Waals surface area contributed by atoms with Crippen LogP contribution < -0.4 is 10.2 Å². The molecule has 0 bridgehead atoms. The van der Waals surface area contributed by atoms with Crippen LogP contribution in [0.3, 0.4) is 0 Å². The number of anilines is 1. The first-order valence-corrected chi connectivity index (χ1v) is 8.96. The number of nitrogens with zero attached hydrogens (tertiary/aromatic N) is 3. The number of guanidine groups is 1. The minimum absolute atomic E-state index is 0. The van der Waals surface area contributed by atoms with Gasteiger partial charge < -0.3 is 19.9 Å². The van der Waals surface area contributed by atoms with Gasteiger partial charge in [-0.15, -0.1) is 24.0 Å². The molecule has 1 aromatic carbocycles. The predicted octanol–water partition coefficient (Wildman–Crippen LogP) is 3.06. The van der Waals surface area contributed by atoms with Crippen molar-refractivity contribution < 1.29 is 4.74 Å². The third kappa shape index (κ3) is 7.01. The molecule has 1 aliphatic rings. The quantitative estimate of drug-likeness (QED) is 0.386. The summed E-state index contributed by atoms with van der Waals surface area (Å²) in [5, 5.41) is 3.41. The van der Waals surface area contributed by atoms with Gasteiger partial charge in [0.15, 0.2) is 5.96 Å². The Labute approximate surface area is 169 Å². The molecular formula is C19H33IN4O. The highest BCUT2D eigenvalue weighted by Gasteiger charge is 2.19. The van der Waals surface area contributed by atoms with Crippen LogP contribution in [0.1, 0.15) is 20.3 Å². The molecule has 25 heavy (non-hydrogen) atoms. The SMILES string of the molecule is CCNC(=NCC(C)N(C)c1ccccc1)N(C)CC1CCOC1.I. The summed E-state index contributed by atoms with van der Waals surface area (Å²) >= 11 is 0. The van der Waals surface area contributed by atoms with Crippen LogP contribution in [-0.2, 0) is 4.74 Å². The second-order valence-electron chi connectivity index (χ2n) is 6.60. The molecule has 2 rings (SSSR count). The largest absolute Gasteiger partial charge is 0.381 e. The Bertz CT molecular complexity index is 505. The van der Waals surface area contributed by atoms with E-state index in [1.54, 1.807) is 0 Å². The molecule has 6 heteroatoms. The molecule has 2 unspecified atom stereocenters. The average Bonchev–Trinajstić information content (AvgIpc) is 3.11. The number of para-hydroxylation sites is 1. The number of ether oxygens (including phenoxy) is 1. The van der Waals surface area contributed by atoms with Gasteiger partial charge in [0, 0.05) is 51.4 Å². The maximum atomic E-state index is 5.48. The zero-order valence-corrected chi connectivity index (χ0v) is 18.3. The highest BCUT2D eigenvalue weighted by Crippen LogP contribution is 2.15. The summed E-state index contributed by atoms with van der Waals surface area (Å²) < 4.78 is 5.48. The number of hydrogen-bond acceptors (Lipinski definition) is 3. The summed E-state index contributed by atoms with van der Waals surface area (Å²) in [6.07, 6.45) is 1.15. The zero-order chi connectivity index (χ0) is 17.4. The fourth-order valence-corrected chi connectivity index (χ4v) is 2.93. The van der Waals surface area contributed by atoms with Gasteiger partial charge in [0.2, 0.25) is 0 Å². The van der Waals surface area contributed by atoms with E-state index >= 15 is 0 Å². The van der Waals surface area contributed by atoms with Gasteiger partial charge in [0.25, 0.3) is 0 Å². The van der Waals surface area contributed by atoms with Crippen LogP contribution in [-0.4, -0.2) is 63.8 Å². The molecule has 0 radical (unpaired) electrons. The molecule has 1 aliphatic heterocycles. The van der Waals surface area contributed by atoms with E-state index in [2.05, 4.69) is 67.3 Å². The second kappa shape index (κ2) is 11.6. The summed E-state index contributed by atoms with van der Waals surface area (Å²) in [6.45, 7) is 8.73. The molecule has 2 atom stereocenters. The first kappa shape index (κ1) is 22.0. The number of hydrogen-bond donors (Lipinski definition) is 1. The molecule has 142 valence electrons. The van der Waals surface area contributed by atoms with E-state index in [1.807, 2.05) is 6.07 Å². The normalized spacial score (nSPS) is 18.4. The summed E-state index contributed by atoms with van der Waals surface area (Å²) in [6, 6.07) is 10.8. The number of nitrogens with one attached hydrogen (secondary N) is 1. The Morgan fingerprint density at radius 1 is 1.32 bits per heavy atom. The van der Waals surface area contributed by atoms with E-state index in [4.69, 9.17) is 9.73 Å². The minimum atomic E-state index is 0. The molecule has 1 N–H and O–H groups in total. The van der Waals surface area contributed by atoms with Crippen molar-refractivity contribution in [1.29, 1.82) is 0 Å². The Morgan fingerprint density at radius 2 is 2.04 bits per heavy atom. The maximum absolute atomic E-state index is 5.48. The van der Waals surface area contributed by atoms with Gasteiger partial charge in [-0.1, -0.05) is 18.2 Å². The lowest BCUT2D eigenvalue weighted by atomic mass is 10.1. The molecule has 0 amide bonds. The van der Waals surface area contributed by atoms with Gasteiger partial charge in [0.05, 0.1) is 13.2 Å². The van der Waals surface area contributed by atoms with Crippen molar-refractivity contribution in [3.63, 3.8) is 0 Å². The highest BCUT2D eigenvalue weighted by atomic mass is 127. The van der Waals surface area contributed by atoms with Crippen molar-refractivity contribution in [3.05, 3.63) is 30.3 Å². The van der Waals surface area contributed by atoms with Gasteiger partial charge in [-0.3, -0.25) is 4.99 Å². The van der Waals surface area contributed by atoms with Crippen molar-refractivity contribution in [2.45, 2.75) is 26.3 Å². The lowest BCUT2D eigenvalue weighted by Gasteiger charge is -2.28. The number of aliphatic imine (C=N–C) groups is 1. The Morgan fingerprint density at radius 3 is 2.64 bits per heavy atom. The van der Waals surface area contributed by atoms with Crippen LogP contribution in [0.25, 0.3) is 0 Å². The first-order valence-electron chi connectivity index (χ1n) is 8.96. The Kier molecular flexibility index (Phi) is 10.2. The average molecular weight is 460 g/mol. The van der Waals surface area contributed by atoms with E-state index < -0.39 is 0 Å². The van der Waals surface area contributed by atoms with Crippen molar-refractivity contribution >= 4 is 35.6 Å². The van der Waals surface area contributed by atoms with Gasteiger partial charge in [-0.05, 0) is 32.4 Å². The van der Waals surface area contributed by atoms with Crippen molar-refractivity contribution in [1.82, 2.24) is 10.2 Å². The van der Waals surface area contributed by atoms with E-state index in [-0.39, 0.29) is 24.0 Å². The van der Waals surface area contributed by atoms with Gasteiger partial charge in [-0.2, -0.15) is 0 Å². The number of halogens is 1. The van der Waals surface area contributed by atoms with E-state index in [9.17, 15) is 0 Å². The molecule has 5 nitrogen and oxygen atoms in total. The smallest absolute Gasteiger partial charge is 0.193 e. The van der Waals surface area contributed by atoms with Crippen LogP contribution in [0, 0.1) is 5.92 Å². The fourth-order valence-electron chi connectivity index (χ4n) is 2.93. The molecule has 0 spiro atoms. The van der Waals surface area contributed by atoms with Gasteiger partial charge in [0.1, 0.15) is 0 Å². The fraction of sp³-hybridized carbons (Fsp3) is 0.632. The van der Waals surface area contributed by atoms with Crippen molar-refractivity contribution in [2.24, 2.45) is 10.9 Å². The number of rotatable bonds is 7. The second-order valence-corrected chi connectivity index (χ2v) is 6.60. The number of likely N-dealkylation sites (N-methyl/N-ethyl adjacent to an activating group) is 1. The highest BCUT2D eigenvalue weighted by molar-refractivity contribution is 14.0. The summed E-state index contributed by atoms with van der Waals surface area (Å²) in [4.78, 5) is 9.36. The molecule has 1 heterocycles. The van der Waals surface area contributed by atoms with Gasteiger partial charge in [-0.25, -0.2) is 0 Å². The third-order valence-corrected chi connectivity index (χ3v) is 4.58. The molecule has 1 saturated heterocycles. The summed E-state index contributed by atoms with van der Waals surface area (Å²) in [7, 11) is 4.24. The topological polar surface area (TPSA) is 40.1 Å². The van der Waals surface area contributed by atoms with Crippen LogP contribution >= 0.6 is 24.0 Å². The summed E-state index contributed by atoms with van der Waals surface area (Å²) in [5.74, 6) is 1.60. The Hall–Kier alpha value is -1.02. The van der Waals surface area contributed by atoms with Crippen molar-refractivity contribution in [2.75, 3.05) is 51.8 Å². The minimum Gasteiger partial charge on any atom is -0.381 e. The van der Waals surface area contributed by atoms with Crippen molar-refractivity contribution in [3.8, 4) is 0 Å². The van der Waals surface area contributed by atoms with E-state index in [1.165, 1.54) is 5.69 Å². The lowest BCUT2D eigenvalue weighted by Crippen LogP contribution is -2.42. The molecule has 0 aromatic heterocycles.